The molecule has 0 aromatic carbocycles. The summed E-state index contributed by atoms with van der Waals surface area (Å²) in [6.07, 6.45) is 8.70. The number of hydrogen-bond acceptors (Lipinski definition) is 4. The van der Waals surface area contributed by atoms with Crippen LogP contribution in [0.15, 0.2) is 4.99 Å². The van der Waals surface area contributed by atoms with Crippen molar-refractivity contribution in [3.8, 4) is 0 Å². The monoisotopic (exact) mass is 486 g/mol. The van der Waals surface area contributed by atoms with Crippen molar-refractivity contribution < 1.29 is 9.47 Å². The van der Waals surface area contributed by atoms with Crippen LogP contribution in [0.2, 0.25) is 0 Å². The number of unbranched alkanes of at least 4 members (excludes halogenated alkanes) is 5. The number of halogens is 1. The predicted molar refractivity (Wildman–Crippen MR) is 123 cm³/mol. The molecule has 0 fully saturated rings. The second-order valence-electron chi connectivity index (χ2n) is 6.58. The van der Waals surface area contributed by atoms with Gasteiger partial charge in [-0.25, -0.2) is 0 Å². The number of rotatable bonds is 17. The summed E-state index contributed by atoms with van der Waals surface area (Å²) >= 11 is 0. The summed E-state index contributed by atoms with van der Waals surface area (Å²) in [7, 11) is 6.07. The van der Waals surface area contributed by atoms with Crippen LogP contribution in [0.4, 0.5) is 0 Å². The molecule has 0 saturated heterocycles. The Kier molecular flexibility index (Phi) is 24.8. The normalized spacial score (nSPS) is 11.5. The standard InChI is InChI=1S/C19H42N4O2.HI/c1-5-6-15-24-17-18-25-16-13-22-19(20-2)21-12-10-8-7-9-11-14-23(3)4;/h5-18H2,1-4H3,(H2,20,21,22);1H. The van der Waals surface area contributed by atoms with Crippen molar-refractivity contribution in [3.05, 3.63) is 0 Å². The Morgan fingerprint density at radius 2 is 1.42 bits per heavy atom. The van der Waals surface area contributed by atoms with E-state index in [0.717, 1.165) is 32.1 Å². The van der Waals surface area contributed by atoms with E-state index >= 15 is 0 Å². The third-order valence-corrected chi connectivity index (χ3v) is 3.85. The molecule has 0 radical (unpaired) electrons. The fraction of sp³-hybridized carbons (Fsp3) is 0.947. The molecule has 7 heteroatoms. The summed E-state index contributed by atoms with van der Waals surface area (Å²) < 4.78 is 11.0. The molecule has 0 atom stereocenters. The maximum Gasteiger partial charge on any atom is 0.191 e. The number of nitrogens with zero attached hydrogens (tertiary/aromatic N) is 2. The predicted octanol–water partition coefficient (Wildman–Crippen LogP) is 3.11. The van der Waals surface area contributed by atoms with Gasteiger partial charge in [0.25, 0.3) is 0 Å². The van der Waals surface area contributed by atoms with Crippen molar-refractivity contribution in [1.29, 1.82) is 0 Å². The van der Waals surface area contributed by atoms with Gasteiger partial charge in [-0.05, 0) is 39.9 Å². The molecule has 26 heavy (non-hydrogen) atoms. The number of aliphatic imine (C=N–C) groups is 1. The lowest BCUT2D eigenvalue weighted by atomic mass is 10.1. The largest absolute Gasteiger partial charge is 0.379 e. The molecule has 0 rings (SSSR count). The van der Waals surface area contributed by atoms with Gasteiger partial charge in [-0.15, -0.1) is 24.0 Å². The Balaban J connectivity index is 0. The van der Waals surface area contributed by atoms with E-state index in [1.165, 1.54) is 45.1 Å². The third kappa shape index (κ3) is 21.9. The Hall–Kier alpha value is -0.120. The van der Waals surface area contributed by atoms with Gasteiger partial charge < -0.3 is 25.0 Å². The topological polar surface area (TPSA) is 58.1 Å². The molecule has 0 bridgehead atoms. The molecule has 0 spiro atoms. The Morgan fingerprint density at radius 3 is 2.08 bits per heavy atom. The van der Waals surface area contributed by atoms with E-state index < -0.39 is 0 Å². The SMILES string of the molecule is CCCCOCCOCCNC(=NC)NCCCCCCCN(C)C.I. The highest BCUT2D eigenvalue weighted by atomic mass is 127. The summed E-state index contributed by atoms with van der Waals surface area (Å²) in [5, 5.41) is 6.63. The zero-order valence-electron chi connectivity index (χ0n) is 17.5. The molecule has 0 saturated carbocycles. The average molecular weight is 486 g/mol. The molecule has 0 amide bonds. The molecule has 2 N–H and O–H groups in total. The average Bonchev–Trinajstić information content (AvgIpc) is 2.60. The van der Waals surface area contributed by atoms with Gasteiger partial charge in [0.1, 0.15) is 0 Å². The number of nitrogens with one attached hydrogen (secondary N) is 2. The Morgan fingerprint density at radius 1 is 0.808 bits per heavy atom. The van der Waals surface area contributed by atoms with Crippen LogP contribution in [0.3, 0.4) is 0 Å². The molecule has 0 heterocycles. The van der Waals surface area contributed by atoms with E-state index in [9.17, 15) is 0 Å². The van der Waals surface area contributed by atoms with Crippen molar-refractivity contribution in [2.24, 2.45) is 4.99 Å². The molecule has 158 valence electrons. The fourth-order valence-electron chi connectivity index (χ4n) is 2.32. The zero-order chi connectivity index (χ0) is 18.6. The van der Waals surface area contributed by atoms with Crippen LogP contribution in [0, 0.1) is 0 Å². The highest BCUT2D eigenvalue weighted by Crippen LogP contribution is 2.02. The molecular formula is C19H43IN4O2. The van der Waals surface area contributed by atoms with Crippen LogP contribution in [0.1, 0.15) is 51.9 Å². The van der Waals surface area contributed by atoms with E-state index in [0.29, 0.717) is 19.8 Å². The molecule has 6 nitrogen and oxygen atoms in total. The summed E-state index contributed by atoms with van der Waals surface area (Å²) in [6.45, 7) is 7.94. The first-order valence-electron chi connectivity index (χ1n) is 9.95. The number of guanidine groups is 1. The van der Waals surface area contributed by atoms with Gasteiger partial charge in [0.15, 0.2) is 5.96 Å². The summed E-state index contributed by atoms with van der Waals surface area (Å²) in [6, 6.07) is 0. The minimum atomic E-state index is 0. The quantitative estimate of drug-likeness (QED) is 0.143. The van der Waals surface area contributed by atoms with E-state index in [-0.39, 0.29) is 24.0 Å². The lowest BCUT2D eigenvalue weighted by molar-refractivity contribution is 0.0487. The van der Waals surface area contributed by atoms with Crippen LogP contribution in [0.5, 0.6) is 0 Å². The smallest absolute Gasteiger partial charge is 0.191 e. The summed E-state index contributed by atoms with van der Waals surface area (Å²) in [5.41, 5.74) is 0. The summed E-state index contributed by atoms with van der Waals surface area (Å²) in [5.74, 6) is 0.857. The van der Waals surface area contributed by atoms with Crippen molar-refractivity contribution in [3.63, 3.8) is 0 Å². The first-order chi connectivity index (χ1) is 12.2. The van der Waals surface area contributed by atoms with Crippen molar-refractivity contribution in [2.75, 3.05) is 67.2 Å². The van der Waals surface area contributed by atoms with E-state index in [4.69, 9.17) is 9.47 Å². The van der Waals surface area contributed by atoms with Gasteiger partial charge in [0.05, 0.1) is 19.8 Å². The lowest BCUT2D eigenvalue weighted by Crippen LogP contribution is -2.39. The first kappa shape index (κ1) is 28.1. The Bertz CT molecular complexity index is 305. The highest BCUT2D eigenvalue weighted by Gasteiger charge is 1.97. The Labute approximate surface area is 178 Å². The lowest BCUT2D eigenvalue weighted by Gasteiger charge is -2.12. The second-order valence-corrected chi connectivity index (χ2v) is 6.58. The first-order valence-corrected chi connectivity index (χ1v) is 9.95. The molecule has 0 aliphatic heterocycles. The molecule has 0 aliphatic carbocycles. The van der Waals surface area contributed by atoms with E-state index in [1.54, 1.807) is 7.05 Å². The van der Waals surface area contributed by atoms with Crippen LogP contribution >= 0.6 is 24.0 Å². The van der Waals surface area contributed by atoms with Crippen molar-refractivity contribution in [2.45, 2.75) is 51.9 Å². The zero-order valence-corrected chi connectivity index (χ0v) is 19.8. The van der Waals surface area contributed by atoms with Crippen LogP contribution in [0.25, 0.3) is 0 Å². The molecule has 0 unspecified atom stereocenters. The minimum Gasteiger partial charge on any atom is -0.379 e. The van der Waals surface area contributed by atoms with Crippen LogP contribution in [-0.4, -0.2) is 78.1 Å². The van der Waals surface area contributed by atoms with Crippen LogP contribution in [-0.2, 0) is 9.47 Å². The fourth-order valence-corrected chi connectivity index (χ4v) is 2.32. The summed E-state index contributed by atoms with van der Waals surface area (Å²) in [4.78, 5) is 6.48. The van der Waals surface area contributed by atoms with Crippen LogP contribution < -0.4 is 10.6 Å². The molecule has 0 aromatic rings. The number of ether oxygens (including phenoxy) is 2. The van der Waals surface area contributed by atoms with E-state index in [2.05, 4.69) is 41.5 Å². The maximum absolute atomic E-state index is 5.53. The third-order valence-electron chi connectivity index (χ3n) is 3.85. The van der Waals surface area contributed by atoms with Crippen molar-refractivity contribution >= 4 is 29.9 Å². The number of hydrogen-bond donors (Lipinski definition) is 2. The van der Waals surface area contributed by atoms with Gasteiger partial charge in [0, 0.05) is 26.7 Å². The van der Waals surface area contributed by atoms with Gasteiger partial charge in [-0.2, -0.15) is 0 Å². The van der Waals surface area contributed by atoms with Gasteiger partial charge >= 0.3 is 0 Å². The van der Waals surface area contributed by atoms with Gasteiger partial charge in [-0.3, -0.25) is 4.99 Å². The molecule has 0 aliphatic rings. The molecular weight excluding hydrogens is 443 g/mol. The second kappa shape index (κ2) is 22.9. The van der Waals surface area contributed by atoms with Gasteiger partial charge in [-0.1, -0.05) is 32.6 Å². The van der Waals surface area contributed by atoms with Gasteiger partial charge in [0.2, 0.25) is 0 Å². The van der Waals surface area contributed by atoms with E-state index in [1.807, 2.05) is 0 Å². The van der Waals surface area contributed by atoms with Crippen molar-refractivity contribution in [1.82, 2.24) is 15.5 Å². The molecule has 0 aromatic heterocycles. The maximum atomic E-state index is 5.53. The highest BCUT2D eigenvalue weighted by molar-refractivity contribution is 14.0. The minimum absolute atomic E-state index is 0.